The number of aromatic nitrogens is 2. The van der Waals surface area contributed by atoms with Gasteiger partial charge in [-0.25, -0.2) is 9.37 Å². The summed E-state index contributed by atoms with van der Waals surface area (Å²) in [5, 5.41) is 13.0. The highest BCUT2D eigenvalue weighted by Gasteiger charge is 2.23. The molecule has 1 atom stereocenters. The zero-order chi connectivity index (χ0) is 18.0. The number of hydrogen-bond acceptors (Lipinski definition) is 3. The van der Waals surface area contributed by atoms with Crippen molar-refractivity contribution in [3.05, 3.63) is 82.7 Å². The molecule has 1 unspecified atom stereocenters. The Morgan fingerprint density at radius 2 is 2.04 bits per heavy atom. The van der Waals surface area contributed by atoms with Crippen molar-refractivity contribution in [2.75, 3.05) is 0 Å². The highest BCUT2D eigenvalue weighted by Crippen LogP contribution is 2.30. The molecule has 1 amide bonds. The average molecular weight is 339 g/mol. The van der Waals surface area contributed by atoms with Crippen LogP contribution in [0.5, 0.6) is 5.75 Å². The minimum absolute atomic E-state index is 0.101. The molecule has 2 aromatic heterocycles. The third-order valence-corrected chi connectivity index (χ3v) is 3.86. The molecule has 0 aliphatic heterocycles. The Bertz CT molecular complexity index is 921. The van der Waals surface area contributed by atoms with Crippen molar-refractivity contribution in [2.45, 2.75) is 19.9 Å². The van der Waals surface area contributed by atoms with Crippen LogP contribution in [0.25, 0.3) is 0 Å². The SMILES string of the molecule is Cc1c[nH]c(C(NC(=O)c2cccc(C)n2)c2cc(F)ccc2O)c1. The van der Waals surface area contributed by atoms with E-state index in [2.05, 4.69) is 15.3 Å². The van der Waals surface area contributed by atoms with Gasteiger partial charge in [0, 0.05) is 23.1 Å². The molecule has 3 N–H and O–H groups in total. The van der Waals surface area contributed by atoms with Crippen LogP contribution in [0.15, 0.2) is 48.7 Å². The van der Waals surface area contributed by atoms with Crippen molar-refractivity contribution >= 4 is 5.91 Å². The summed E-state index contributed by atoms with van der Waals surface area (Å²) in [4.78, 5) is 19.8. The van der Waals surface area contributed by atoms with Gasteiger partial charge >= 0.3 is 0 Å². The lowest BCUT2D eigenvalue weighted by Gasteiger charge is -2.19. The van der Waals surface area contributed by atoms with E-state index in [1.165, 1.54) is 18.2 Å². The van der Waals surface area contributed by atoms with Crippen LogP contribution in [0, 0.1) is 19.7 Å². The summed E-state index contributed by atoms with van der Waals surface area (Å²) in [5.41, 5.74) is 2.83. The highest BCUT2D eigenvalue weighted by molar-refractivity contribution is 5.92. The lowest BCUT2D eigenvalue weighted by atomic mass is 10.0. The van der Waals surface area contributed by atoms with Gasteiger partial charge in [0.2, 0.25) is 0 Å². The van der Waals surface area contributed by atoms with E-state index in [4.69, 9.17) is 0 Å². The number of hydrogen-bond donors (Lipinski definition) is 3. The summed E-state index contributed by atoms with van der Waals surface area (Å²) in [6.07, 6.45) is 1.77. The third kappa shape index (κ3) is 3.68. The van der Waals surface area contributed by atoms with E-state index in [9.17, 15) is 14.3 Å². The van der Waals surface area contributed by atoms with Crippen LogP contribution in [-0.2, 0) is 0 Å². The molecule has 0 saturated heterocycles. The highest BCUT2D eigenvalue weighted by atomic mass is 19.1. The number of amides is 1. The number of phenols is 1. The molecule has 0 fully saturated rings. The van der Waals surface area contributed by atoms with Crippen LogP contribution >= 0.6 is 0 Å². The second-order valence-electron chi connectivity index (χ2n) is 5.91. The van der Waals surface area contributed by atoms with Gasteiger partial charge in [0.05, 0.1) is 6.04 Å². The predicted octanol–water partition coefficient (Wildman–Crippen LogP) is 3.39. The zero-order valence-electron chi connectivity index (χ0n) is 13.9. The van der Waals surface area contributed by atoms with Crippen LogP contribution in [0.4, 0.5) is 4.39 Å². The summed E-state index contributed by atoms with van der Waals surface area (Å²) in [6, 6.07) is 9.87. The third-order valence-electron chi connectivity index (χ3n) is 3.86. The van der Waals surface area contributed by atoms with E-state index in [0.29, 0.717) is 11.4 Å². The van der Waals surface area contributed by atoms with Crippen molar-refractivity contribution < 1.29 is 14.3 Å². The Labute approximate surface area is 144 Å². The number of benzene rings is 1. The molecule has 2 heterocycles. The number of aromatic amines is 1. The largest absolute Gasteiger partial charge is 0.508 e. The monoisotopic (exact) mass is 339 g/mol. The van der Waals surface area contributed by atoms with Crippen molar-refractivity contribution in [3.8, 4) is 5.75 Å². The molecular formula is C19H18FN3O2. The second-order valence-corrected chi connectivity index (χ2v) is 5.91. The molecular weight excluding hydrogens is 321 g/mol. The Morgan fingerprint density at radius 1 is 1.24 bits per heavy atom. The van der Waals surface area contributed by atoms with Gasteiger partial charge in [0.1, 0.15) is 17.3 Å². The van der Waals surface area contributed by atoms with Gasteiger partial charge in [0.15, 0.2) is 0 Å². The molecule has 0 spiro atoms. The Morgan fingerprint density at radius 3 is 2.72 bits per heavy atom. The maximum Gasteiger partial charge on any atom is 0.270 e. The van der Waals surface area contributed by atoms with Gasteiger partial charge in [-0.15, -0.1) is 0 Å². The fourth-order valence-corrected chi connectivity index (χ4v) is 2.65. The molecule has 0 aliphatic rings. The molecule has 3 aromatic rings. The molecule has 0 bridgehead atoms. The molecule has 0 saturated carbocycles. The quantitative estimate of drug-likeness (QED) is 0.682. The standard InChI is InChI=1S/C19H18FN3O2/c1-11-8-16(21-10-11)18(14-9-13(20)6-7-17(14)24)23-19(25)15-5-3-4-12(2)22-15/h3-10,18,21,24H,1-2H3,(H,23,25). The minimum atomic E-state index is -0.737. The zero-order valence-corrected chi connectivity index (χ0v) is 13.9. The van der Waals surface area contributed by atoms with Crippen molar-refractivity contribution in [2.24, 2.45) is 0 Å². The number of halogens is 1. The summed E-state index contributed by atoms with van der Waals surface area (Å²) in [6.45, 7) is 3.69. The summed E-state index contributed by atoms with van der Waals surface area (Å²) in [5.74, 6) is -1.01. The fourth-order valence-electron chi connectivity index (χ4n) is 2.65. The maximum absolute atomic E-state index is 13.7. The summed E-state index contributed by atoms with van der Waals surface area (Å²) >= 11 is 0. The van der Waals surface area contributed by atoms with E-state index in [-0.39, 0.29) is 17.0 Å². The molecule has 3 rings (SSSR count). The van der Waals surface area contributed by atoms with Gasteiger partial charge in [-0.2, -0.15) is 0 Å². The van der Waals surface area contributed by atoms with Gasteiger partial charge in [-0.1, -0.05) is 6.07 Å². The first kappa shape index (κ1) is 16.7. The Balaban J connectivity index is 2.00. The minimum Gasteiger partial charge on any atom is -0.508 e. The summed E-state index contributed by atoms with van der Waals surface area (Å²) in [7, 11) is 0. The van der Waals surface area contributed by atoms with Crippen molar-refractivity contribution in [1.82, 2.24) is 15.3 Å². The predicted molar refractivity (Wildman–Crippen MR) is 91.9 cm³/mol. The number of carbonyl (C=O) groups excluding carboxylic acids is 1. The number of aromatic hydroxyl groups is 1. The Hall–Kier alpha value is -3.15. The molecule has 25 heavy (non-hydrogen) atoms. The number of rotatable bonds is 4. The van der Waals surface area contributed by atoms with Crippen LogP contribution < -0.4 is 5.32 Å². The number of carbonyl (C=O) groups is 1. The smallest absolute Gasteiger partial charge is 0.270 e. The van der Waals surface area contributed by atoms with E-state index >= 15 is 0 Å². The molecule has 5 nitrogen and oxygen atoms in total. The Kier molecular flexibility index (Phi) is 4.52. The molecule has 128 valence electrons. The van der Waals surface area contributed by atoms with Gasteiger partial charge in [0.25, 0.3) is 5.91 Å². The van der Waals surface area contributed by atoms with Crippen LogP contribution in [0.3, 0.4) is 0 Å². The second kappa shape index (κ2) is 6.76. The number of phenolic OH excluding ortho intramolecular Hbond substituents is 1. The fraction of sp³-hybridized carbons (Fsp3) is 0.158. The lowest BCUT2D eigenvalue weighted by molar-refractivity contribution is 0.0937. The van der Waals surface area contributed by atoms with Crippen LogP contribution in [0.1, 0.15) is 39.0 Å². The van der Waals surface area contributed by atoms with Gasteiger partial charge in [-0.05, 0) is 55.8 Å². The van der Waals surface area contributed by atoms with Crippen LogP contribution in [-0.4, -0.2) is 21.0 Å². The maximum atomic E-state index is 13.7. The number of H-pyrrole nitrogens is 1. The molecule has 0 aliphatic carbocycles. The molecule has 1 aromatic carbocycles. The lowest BCUT2D eigenvalue weighted by Crippen LogP contribution is -2.30. The first-order chi connectivity index (χ1) is 11.9. The van der Waals surface area contributed by atoms with E-state index in [1.807, 2.05) is 13.0 Å². The topological polar surface area (TPSA) is 78.0 Å². The number of pyridine rings is 1. The first-order valence-corrected chi connectivity index (χ1v) is 7.82. The van der Waals surface area contributed by atoms with Gasteiger partial charge in [-0.3, -0.25) is 4.79 Å². The van der Waals surface area contributed by atoms with E-state index in [0.717, 1.165) is 5.56 Å². The number of nitrogens with one attached hydrogen (secondary N) is 2. The number of aryl methyl sites for hydroxylation is 2. The molecule has 0 radical (unpaired) electrons. The summed E-state index contributed by atoms with van der Waals surface area (Å²) < 4.78 is 13.7. The molecule has 6 heteroatoms. The normalized spacial score (nSPS) is 12.0. The van der Waals surface area contributed by atoms with Crippen molar-refractivity contribution in [1.29, 1.82) is 0 Å². The first-order valence-electron chi connectivity index (χ1n) is 7.82. The van der Waals surface area contributed by atoms with Crippen LogP contribution in [0.2, 0.25) is 0 Å². The van der Waals surface area contributed by atoms with E-state index in [1.54, 1.807) is 31.3 Å². The average Bonchev–Trinajstić information content (AvgIpc) is 3.01. The van der Waals surface area contributed by atoms with E-state index < -0.39 is 17.8 Å². The number of nitrogens with zero attached hydrogens (tertiary/aromatic N) is 1. The van der Waals surface area contributed by atoms with Gasteiger partial charge < -0.3 is 15.4 Å². The van der Waals surface area contributed by atoms with Crippen molar-refractivity contribution in [3.63, 3.8) is 0 Å².